The highest BCUT2D eigenvalue weighted by Crippen LogP contribution is 2.24. The maximum Gasteiger partial charge on any atom is 0.185 e. The fourth-order valence-electron chi connectivity index (χ4n) is 0.958. The molecule has 5 heteroatoms. The highest BCUT2D eigenvalue weighted by Gasteiger charge is 2.09. The molecular weight excluding hydrogens is 186 g/mol. The molecule has 0 unspecified atom stereocenters. The van der Waals surface area contributed by atoms with Crippen LogP contribution in [0.2, 0.25) is 0 Å². The molecule has 0 spiro atoms. The Morgan fingerprint density at radius 3 is 2.38 bits per heavy atom. The van der Waals surface area contributed by atoms with E-state index in [9.17, 15) is 0 Å². The third kappa shape index (κ3) is 2.65. The van der Waals surface area contributed by atoms with Gasteiger partial charge in [-0.1, -0.05) is 0 Å². The SMILES string of the molecule is Cc1nc(N(C)C)sc1CN(C)O. The molecule has 0 amide bonds. The number of rotatable bonds is 3. The van der Waals surface area contributed by atoms with Gasteiger partial charge < -0.3 is 10.1 Å². The van der Waals surface area contributed by atoms with Crippen LogP contribution in [0.25, 0.3) is 0 Å². The van der Waals surface area contributed by atoms with Crippen LogP contribution in [0.4, 0.5) is 5.13 Å². The van der Waals surface area contributed by atoms with Crippen LogP contribution in [0.15, 0.2) is 0 Å². The van der Waals surface area contributed by atoms with Gasteiger partial charge in [0.15, 0.2) is 5.13 Å². The topological polar surface area (TPSA) is 39.6 Å². The molecule has 0 aromatic carbocycles. The molecule has 1 rings (SSSR count). The van der Waals surface area contributed by atoms with Crippen molar-refractivity contribution in [2.24, 2.45) is 0 Å². The molecule has 1 aromatic heterocycles. The normalized spacial score (nSPS) is 10.9. The van der Waals surface area contributed by atoms with Gasteiger partial charge in [-0.3, -0.25) is 0 Å². The van der Waals surface area contributed by atoms with Gasteiger partial charge in [-0.25, -0.2) is 4.98 Å². The third-order valence-corrected chi connectivity index (χ3v) is 2.95. The van der Waals surface area contributed by atoms with Crippen LogP contribution in [-0.4, -0.2) is 36.4 Å². The molecule has 0 atom stereocenters. The van der Waals surface area contributed by atoms with Gasteiger partial charge in [-0.15, -0.1) is 11.3 Å². The molecule has 74 valence electrons. The Bertz CT molecular complexity index is 283. The van der Waals surface area contributed by atoms with Gasteiger partial charge in [0.1, 0.15) is 0 Å². The van der Waals surface area contributed by atoms with Crippen molar-refractivity contribution in [1.82, 2.24) is 10.0 Å². The van der Waals surface area contributed by atoms with Crippen LogP contribution >= 0.6 is 11.3 Å². The monoisotopic (exact) mass is 201 g/mol. The van der Waals surface area contributed by atoms with Crippen LogP contribution in [-0.2, 0) is 6.54 Å². The Hall–Kier alpha value is -0.650. The predicted octanol–water partition coefficient (Wildman–Crippen LogP) is 1.34. The summed E-state index contributed by atoms with van der Waals surface area (Å²) in [6.07, 6.45) is 0. The predicted molar refractivity (Wildman–Crippen MR) is 54.4 cm³/mol. The Morgan fingerprint density at radius 1 is 1.38 bits per heavy atom. The molecule has 1 heterocycles. The van der Waals surface area contributed by atoms with Crippen LogP contribution in [0.1, 0.15) is 10.6 Å². The first-order valence-corrected chi connectivity index (χ1v) is 4.86. The Kier molecular flexibility index (Phi) is 3.24. The van der Waals surface area contributed by atoms with Crippen LogP contribution < -0.4 is 4.90 Å². The van der Waals surface area contributed by atoms with Gasteiger partial charge in [0.05, 0.1) is 12.2 Å². The number of hydrogen-bond acceptors (Lipinski definition) is 5. The second-order valence-corrected chi connectivity index (χ2v) is 4.28. The van der Waals surface area contributed by atoms with Gasteiger partial charge in [0.2, 0.25) is 0 Å². The highest BCUT2D eigenvalue weighted by atomic mass is 32.1. The zero-order valence-electron chi connectivity index (χ0n) is 8.40. The summed E-state index contributed by atoms with van der Waals surface area (Å²) in [4.78, 5) is 7.45. The number of anilines is 1. The zero-order chi connectivity index (χ0) is 10.0. The van der Waals surface area contributed by atoms with Crippen molar-refractivity contribution in [2.75, 3.05) is 26.0 Å². The molecule has 0 saturated heterocycles. The number of hydroxylamine groups is 2. The standard InChI is InChI=1S/C8H15N3OS/c1-6-7(5-11(4)12)13-8(9-6)10(2)3/h12H,5H2,1-4H3. The molecule has 1 N–H and O–H groups in total. The van der Waals surface area contributed by atoms with Gasteiger partial charge in [0, 0.05) is 26.0 Å². The lowest BCUT2D eigenvalue weighted by Crippen LogP contribution is -2.11. The van der Waals surface area contributed by atoms with Crippen molar-refractivity contribution in [3.8, 4) is 0 Å². The number of hydrogen-bond donors (Lipinski definition) is 1. The largest absolute Gasteiger partial charge is 0.354 e. The lowest BCUT2D eigenvalue weighted by Gasteiger charge is -2.06. The summed E-state index contributed by atoms with van der Waals surface area (Å²) in [6, 6.07) is 0. The Labute approximate surface area is 82.4 Å². The number of aryl methyl sites for hydroxylation is 1. The van der Waals surface area contributed by atoms with E-state index in [1.807, 2.05) is 25.9 Å². The average Bonchev–Trinajstić information content (AvgIpc) is 2.31. The summed E-state index contributed by atoms with van der Waals surface area (Å²) in [5.74, 6) is 0. The lowest BCUT2D eigenvalue weighted by molar-refractivity contribution is -0.0725. The molecule has 1 aromatic rings. The quantitative estimate of drug-likeness (QED) is 0.749. The first-order valence-electron chi connectivity index (χ1n) is 4.04. The minimum Gasteiger partial charge on any atom is -0.354 e. The molecule has 0 aliphatic rings. The van der Waals surface area contributed by atoms with Crippen molar-refractivity contribution in [3.63, 3.8) is 0 Å². The van der Waals surface area contributed by atoms with E-state index in [1.165, 1.54) is 5.06 Å². The van der Waals surface area contributed by atoms with Gasteiger partial charge >= 0.3 is 0 Å². The van der Waals surface area contributed by atoms with Crippen molar-refractivity contribution < 1.29 is 5.21 Å². The molecule has 0 aliphatic heterocycles. The van der Waals surface area contributed by atoms with Crippen molar-refractivity contribution >= 4 is 16.5 Å². The lowest BCUT2D eigenvalue weighted by atomic mass is 10.4. The smallest absolute Gasteiger partial charge is 0.185 e. The molecule has 0 radical (unpaired) electrons. The van der Waals surface area contributed by atoms with Crippen LogP contribution in [0, 0.1) is 6.92 Å². The van der Waals surface area contributed by atoms with Crippen molar-refractivity contribution in [1.29, 1.82) is 0 Å². The summed E-state index contributed by atoms with van der Waals surface area (Å²) in [7, 11) is 5.56. The van der Waals surface area contributed by atoms with E-state index in [4.69, 9.17) is 5.21 Å². The van der Waals surface area contributed by atoms with E-state index in [1.54, 1.807) is 18.4 Å². The fourth-order valence-corrected chi connectivity index (χ4v) is 1.99. The summed E-state index contributed by atoms with van der Waals surface area (Å²) in [5, 5.41) is 11.2. The summed E-state index contributed by atoms with van der Waals surface area (Å²) in [5.41, 5.74) is 0.995. The molecule has 0 saturated carbocycles. The summed E-state index contributed by atoms with van der Waals surface area (Å²) in [6.45, 7) is 2.50. The minimum absolute atomic E-state index is 0.539. The van der Waals surface area contributed by atoms with Crippen LogP contribution in [0.5, 0.6) is 0 Å². The molecule has 13 heavy (non-hydrogen) atoms. The van der Waals surface area contributed by atoms with Gasteiger partial charge in [-0.05, 0) is 6.92 Å². The average molecular weight is 201 g/mol. The second kappa shape index (κ2) is 4.04. The van der Waals surface area contributed by atoms with E-state index < -0.39 is 0 Å². The number of aromatic nitrogens is 1. The Morgan fingerprint density at radius 2 is 2.00 bits per heavy atom. The third-order valence-electron chi connectivity index (χ3n) is 1.64. The maximum atomic E-state index is 9.08. The highest BCUT2D eigenvalue weighted by molar-refractivity contribution is 7.15. The van der Waals surface area contributed by atoms with E-state index in [0.717, 1.165) is 15.7 Å². The van der Waals surface area contributed by atoms with E-state index in [2.05, 4.69) is 4.98 Å². The fraction of sp³-hybridized carbons (Fsp3) is 0.625. The second-order valence-electron chi connectivity index (χ2n) is 3.22. The minimum atomic E-state index is 0.539. The maximum absolute atomic E-state index is 9.08. The molecule has 0 aliphatic carbocycles. The Balaban J connectivity index is 2.83. The van der Waals surface area contributed by atoms with Crippen molar-refractivity contribution in [3.05, 3.63) is 10.6 Å². The van der Waals surface area contributed by atoms with Gasteiger partial charge in [0.25, 0.3) is 0 Å². The molecule has 4 nitrogen and oxygen atoms in total. The molecular formula is C8H15N3OS. The van der Waals surface area contributed by atoms with Gasteiger partial charge in [-0.2, -0.15) is 5.06 Å². The molecule has 0 fully saturated rings. The number of nitrogens with zero attached hydrogens (tertiary/aromatic N) is 3. The van der Waals surface area contributed by atoms with Crippen LogP contribution in [0.3, 0.4) is 0 Å². The molecule has 0 bridgehead atoms. The first kappa shape index (κ1) is 10.4. The van der Waals surface area contributed by atoms with Crippen molar-refractivity contribution in [2.45, 2.75) is 13.5 Å². The summed E-state index contributed by atoms with van der Waals surface area (Å²) >= 11 is 1.61. The van der Waals surface area contributed by atoms with E-state index >= 15 is 0 Å². The first-order chi connectivity index (χ1) is 6.00. The number of thiazole rings is 1. The van der Waals surface area contributed by atoms with E-state index in [-0.39, 0.29) is 0 Å². The van der Waals surface area contributed by atoms with E-state index in [0.29, 0.717) is 6.54 Å². The summed E-state index contributed by atoms with van der Waals surface area (Å²) < 4.78 is 0. The zero-order valence-corrected chi connectivity index (χ0v) is 9.22.